The zero-order valence-corrected chi connectivity index (χ0v) is 8.58. The van der Waals surface area contributed by atoms with Crippen LogP contribution in [0.5, 0.6) is 0 Å². The van der Waals surface area contributed by atoms with E-state index in [0.29, 0.717) is 11.8 Å². The Bertz CT molecular complexity index is 462. The van der Waals surface area contributed by atoms with Crippen molar-refractivity contribution >= 4 is 10.9 Å². The molecule has 15 heavy (non-hydrogen) atoms. The summed E-state index contributed by atoms with van der Waals surface area (Å²) < 4.78 is 27.5. The van der Waals surface area contributed by atoms with Gasteiger partial charge in [0, 0.05) is 17.6 Å². The van der Waals surface area contributed by atoms with E-state index in [4.69, 9.17) is 0 Å². The molecule has 1 unspecified atom stereocenters. The van der Waals surface area contributed by atoms with E-state index in [-0.39, 0.29) is 18.5 Å². The SMILES string of the molecule is CC(CCF)n1ccc2c(F)cccc21. The first-order valence-corrected chi connectivity index (χ1v) is 5.05. The van der Waals surface area contributed by atoms with Crippen LogP contribution < -0.4 is 0 Å². The van der Waals surface area contributed by atoms with Gasteiger partial charge in [0.25, 0.3) is 0 Å². The quantitative estimate of drug-likeness (QED) is 0.726. The van der Waals surface area contributed by atoms with Gasteiger partial charge in [0.2, 0.25) is 0 Å². The van der Waals surface area contributed by atoms with Crippen LogP contribution >= 0.6 is 0 Å². The second-order valence-electron chi connectivity index (χ2n) is 3.72. The summed E-state index contributed by atoms with van der Waals surface area (Å²) in [5.74, 6) is -0.223. The molecule has 0 spiro atoms. The number of hydrogen-bond acceptors (Lipinski definition) is 0. The van der Waals surface area contributed by atoms with Gasteiger partial charge in [-0.1, -0.05) is 6.07 Å². The van der Waals surface area contributed by atoms with Crippen molar-refractivity contribution in [3.05, 3.63) is 36.3 Å². The van der Waals surface area contributed by atoms with Crippen LogP contribution in [-0.4, -0.2) is 11.2 Å². The maximum absolute atomic E-state index is 13.4. The number of alkyl halides is 1. The number of nitrogens with zero attached hydrogens (tertiary/aromatic N) is 1. The van der Waals surface area contributed by atoms with Crippen molar-refractivity contribution < 1.29 is 8.78 Å². The van der Waals surface area contributed by atoms with Crippen LogP contribution in [0.3, 0.4) is 0 Å². The molecule has 3 heteroatoms. The zero-order valence-electron chi connectivity index (χ0n) is 8.58. The van der Waals surface area contributed by atoms with Gasteiger partial charge in [0.1, 0.15) is 5.82 Å². The molecule has 1 atom stereocenters. The average Bonchev–Trinajstić information content (AvgIpc) is 2.63. The molecule has 2 aromatic rings. The fourth-order valence-corrected chi connectivity index (χ4v) is 1.83. The molecule has 80 valence electrons. The van der Waals surface area contributed by atoms with Crippen LogP contribution in [0, 0.1) is 5.82 Å². The van der Waals surface area contributed by atoms with Crippen molar-refractivity contribution in [2.45, 2.75) is 19.4 Å². The lowest BCUT2D eigenvalue weighted by atomic mass is 10.2. The normalized spacial score (nSPS) is 13.3. The first-order chi connectivity index (χ1) is 7.24. The molecule has 0 amide bonds. The lowest BCUT2D eigenvalue weighted by Crippen LogP contribution is -2.04. The minimum atomic E-state index is -0.351. The molecule has 0 fully saturated rings. The number of rotatable bonds is 3. The van der Waals surface area contributed by atoms with E-state index in [1.54, 1.807) is 12.1 Å². The van der Waals surface area contributed by atoms with Crippen LogP contribution in [0.2, 0.25) is 0 Å². The van der Waals surface area contributed by atoms with Crippen molar-refractivity contribution in [2.75, 3.05) is 6.67 Å². The lowest BCUT2D eigenvalue weighted by Gasteiger charge is -2.13. The third-order valence-corrected chi connectivity index (χ3v) is 2.71. The first kappa shape index (κ1) is 10.1. The topological polar surface area (TPSA) is 4.93 Å². The van der Waals surface area contributed by atoms with Gasteiger partial charge in [-0.15, -0.1) is 0 Å². The number of halogens is 2. The summed E-state index contributed by atoms with van der Waals surface area (Å²) >= 11 is 0. The van der Waals surface area contributed by atoms with E-state index in [1.807, 2.05) is 23.8 Å². The number of hydrogen-bond donors (Lipinski definition) is 0. The van der Waals surface area contributed by atoms with E-state index >= 15 is 0 Å². The standard InChI is InChI=1S/C12H13F2N/c1-9(5-7-13)15-8-6-10-11(14)3-2-4-12(10)15/h2-4,6,8-9H,5,7H2,1H3. The largest absolute Gasteiger partial charge is 0.345 e. The molecule has 1 nitrogen and oxygen atoms in total. The van der Waals surface area contributed by atoms with Gasteiger partial charge in [-0.2, -0.15) is 0 Å². The maximum Gasteiger partial charge on any atom is 0.132 e. The summed E-state index contributed by atoms with van der Waals surface area (Å²) in [6, 6.07) is 6.77. The molecule has 0 aliphatic rings. The third-order valence-electron chi connectivity index (χ3n) is 2.71. The highest BCUT2D eigenvalue weighted by molar-refractivity contribution is 5.80. The van der Waals surface area contributed by atoms with Gasteiger partial charge in [0.05, 0.1) is 12.2 Å². The van der Waals surface area contributed by atoms with Gasteiger partial charge < -0.3 is 4.57 Å². The summed E-state index contributed by atoms with van der Waals surface area (Å²) in [6.45, 7) is 1.58. The fraction of sp³-hybridized carbons (Fsp3) is 0.333. The van der Waals surface area contributed by atoms with Crippen LogP contribution in [-0.2, 0) is 0 Å². The van der Waals surface area contributed by atoms with E-state index in [2.05, 4.69) is 0 Å². The highest BCUT2D eigenvalue weighted by Gasteiger charge is 2.09. The second kappa shape index (κ2) is 4.01. The predicted molar refractivity (Wildman–Crippen MR) is 57.2 cm³/mol. The summed E-state index contributed by atoms with van der Waals surface area (Å²) in [6.07, 6.45) is 2.27. The zero-order chi connectivity index (χ0) is 10.8. The van der Waals surface area contributed by atoms with Crippen molar-refractivity contribution in [1.29, 1.82) is 0 Å². The third kappa shape index (κ3) is 1.74. The molecule has 2 rings (SSSR count). The van der Waals surface area contributed by atoms with Gasteiger partial charge in [-0.3, -0.25) is 4.39 Å². The molecule has 0 saturated heterocycles. The molecule has 1 aromatic heterocycles. The van der Waals surface area contributed by atoms with Crippen LogP contribution in [0.1, 0.15) is 19.4 Å². The fourth-order valence-electron chi connectivity index (χ4n) is 1.83. The first-order valence-electron chi connectivity index (χ1n) is 5.05. The number of aromatic nitrogens is 1. The highest BCUT2D eigenvalue weighted by atomic mass is 19.1. The molecule has 0 aliphatic heterocycles. The van der Waals surface area contributed by atoms with Gasteiger partial charge in [-0.05, 0) is 31.5 Å². The van der Waals surface area contributed by atoms with E-state index in [1.165, 1.54) is 6.07 Å². The molecule has 0 radical (unpaired) electrons. The summed E-state index contributed by atoms with van der Waals surface area (Å²) in [5, 5.41) is 0.600. The predicted octanol–water partition coefficient (Wildman–Crippen LogP) is 3.70. The molecule has 0 saturated carbocycles. The van der Waals surface area contributed by atoms with Crippen molar-refractivity contribution in [3.8, 4) is 0 Å². The van der Waals surface area contributed by atoms with E-state index in [9.17, 15) is 8.78 Å². The van der Waals surface area contributed by atoms with Crippen molar-refractivity contribution in [3.63, 3.8) is 0 Å². The van der Waals surface area contributed by atoms with Crippen LogP contribution in [0.25, 0.3) is 10.9 Å². The van der Waals surface area contributed by atoms with Gasteiger partial charge >= 0.3 is 0 Å². The van der Waals surface area contributed by atoms with Crippen LogP contribution in [0.15, 0.2) is 30.5 Å². The van der Waals surface area contributed by atoms with E-state index in [0.717, 1.165) is 5.52 Å². The minimum absolute atomic E-state index is 0.0642. The molecule has 1 aromatic carbocycles. The molecular formula is C12H13F2N. The summed E-state index contributed by atoms with van der Waals surface area (Å²) in [5.41, 5.74) is 0.830. The van der Waals surface area contributed by atoms with Crippen molar-refractivity contribution in [2.24, 2.45) is 0 Å². The Morgan fingerprint density at radius 1 is 1.33 bits per heavy atom. The minimum Gasteiger partial charge on any atom is -0.345 e. The molecule has 1 heterocycles. The number of benzene rings is 1. The Hall–Kier alpha value is -1.38. The Balaban J connectivity index is 2.49. The monoisotopic (exact) mass is 209 g/mol. The maximum atomic E-state index is 13.4. The van der Waals surface area contributed by atoms with Crippen LogP contribution in [0.4, 0.5) is 8.78 Å². The Labute approximate surface area is 87.3 Å². The smallest absolute Gasteiger partial charge is 0.132 e. The highest BCUT2D eigenvalue weighted by Crippen LogP contribution is 2.23. The Morgan fingerprint density at radius 3 is 2.87 bits per heavy atom. The van der Waals surface area contributed by atoms with E-state index < -0.39 is 0 Å². The molecular weight excluding hydrogens is 196 g/mol. The Morgan fingerprint density at radius 2 is 2.13 bits per heavy atom. The molecule has 0 bridgehead atoms. The van der Waals surface area contributed by atoms with Gasteiger partial charge in [0.15, 0.2) is 0 Å². The lowest BCUT2D eigenvalue weighted by molar-refractivity contribution is 0.404. The Kier molecular flexibility index (Phi) is 2.71. The second-order valence-corrected chi connectivity index (χ2v) is 3.72. The van der Waals surface area contributed by atoms with Gasteiger partial charge in [-0.25, -0.2) is 4.39 Å². The summed E-state index contributed by atoms with van der Waals surface area (Å²) in [4.78, 5) is 0. The average molecular weight is 209 g/mol. The van der Waals surface area contributed by atoms with Crippen molar-refractivity contribution in [1.82, 2.24) is 4.57 Å². The number of fused-ring (bicyclic) bond motifs is 1. The molecule has 0 N–H and O–H groups in total. The summed E-state index contributed by atoms with van der Waals surface area (Å²) in [7, 11) is 0. The molecule has 0 aliphatic carbocycles.